The summed E-state index contributed by atoms with van der Waals surface area (Å²) >= 11 is 0. The van der Waals surface area contributed by atoms with Gasteiger partial charge in [-0.25, -0.2) is 18.4 Å². The van der Waals surface area contributed by atoms with Gasteiger partial charge in [-0.2, -0.15) is 0 Å². The third kappa shape index (κ3) is 5.67. The number of anilines is 1. The van der Waals surface area contributed by atoms with Crippen molar-refractivity contribution in [1.29, 1.82) is 0 Å². The summed E-state index contributed by atoms with van der Waals surface area (Å²) in [7, 11) is -1.21. The average Bonchev–Trinajstić information content (AvgIpc) is 3.09. The lowest BCUT2D eigenvalue weighted by atomic mass is 10.1. The van der Waals surface area contributed by atoms with Crippen molar-refractivity contribution in [3.05, 3.63) is 17.6 Å². The Labute approximate surface area is 168 Å². The number of aromatic nitrogens is 3. The number of imidazole rings is 1. The van der Waals surface area contributed by atoms with Crippen LogP contribution in [0.15, 0.2) is 6.33 Å². The lowest BCUT2D eigenvalue weighted by molar-refractivity contribution is 0.151. The fourth-order valence-electron chi connectivity index (χ4n) is 3.53. The molecule has 2 heterocycles. The summed E-state index contributed by atoms with van der Waals surface area (Å²) in [4.78, 5) is 8.83. The molecule has 158 valence electrons. The second-order valence-electron chi connectivity index (χ2n) is 7.52. The molecule has 1 unspecified atom stereocenters. The molecule has 2 aromatic heterocycles. The maximum Gasteiger partial charge on any atom is 0.151 e. The van der Waals surface area contributed by atoms with Gasteiger partial charge in [-0.1, -0.05) is 26.2 Å². The molecule has 2 aromatic rings. The van der Waals surface area contributed by atoms with E-state index in [4.69, 9.17) is 10.5 Å². The number of sulfone groups is 1. The summed E-state index contributed by atoms with van der Waals surface area (Å²) in [5.41, 5.74) is 9.77. The Bertz CT molecular complexity index is 877. The van der Waals surface area contributed by atoms with Crippen molar-refractivity contribution >= 4 is 26.7 Å². The van der Waals surface area contributed by atoms with Crippen LogP contribution in [0.25, 0.3) is 11.0 Å². The molecule has 0 radical (unpaired) electrons. The summed E-state index contributed by atoms with van der Waals surface area (Å²) in [5.74, 6) is 1.05. The number of unbranched alkanes of at least 4 members (excludes halogenated alkanes) is 3. The highest BCUT2D eigenvalue weighted by molar-refractivity contribution is 7.91. The number of hydrogen-bond acceptors (Lipinski definition) is 6. The number of pyridine rings is 1. The molecule has 0 aromatic carbocycles. The van der Waals surface area contributed by atoms with Crippen LogP contribution in [-0.4, -0.2) is 48.2 Å². The van der Waals surface area contributed by atoms with Gasteiger partial charge in [0.15, 0.2) is 5.82 Å². The molecule has 2 rings (SSSR count). The predicted octanol–water partition coefficient (Wildman–Crippen LogP) is 3.59. The minimum atomic E-state index is -2.90. The van der Waals surface area contributed by atoms with Crippen molar-refractivity contribution in [2.24, 2.45) is 0 Å². The van der Waals surface area contributed by atoms with Gasteiger partial charge in [-0.15, -0.1) is 0 Å². The molecule has 0 aliphatic carbocycles. The van der Waals surface area contributed by atoms with Crippen molar-refractivity contribution in [2.45, 2.75) is 65.3 Å². The fourth-order valence-corrected chi connectivity index (χ4v) is 5.10. The molecule has 0 aliphatic rings. The second kappa shape index (κ2) is 10.2. The number of methoxy groups -OCH3 is 1. The number of aryl methyl sites for hydroxylation is 2. The monoisotopic (exact) mass is 410 g/mol. The van der Waals surface area contributed by atoms with Crippen molar-refractivity contribution < 1.29 is 13.2 Å². The van der Waals surface area contributed by atoms with Gasteiger partial charge >= 0.3 is 0 Å². The molecule has 1 atom stereocenters. The first-order chi connectivity index (χ1) is 13.3. The number of fused-ring (bicyclic) bond motifs is 1. The molecule has 7 nitrogen and oxygen atoms in total. The van der Waals surface area contributed by atoms with E-state index in [0.29, 0.717) is 24.6 Å². The molecule has 0 bridgehead atoms. The largest absolute Gasteiger partial charge is 0.383 e. The quantitative estimate of drug-likeness (QED) is 0.537. The Balaban J connectivity index is 2.02. The Morgan fingerprint density at radius 2 is 1.89 bits per heavy atom. The first kappa shape index (κ1) is 22.6. The van der Waals surface area contributed by atoms with Crippen molar-refractivity contribution in [3.63, 3.8) is 0 Å². The highest BCUT2D eigenvalue weighted by Crippen LogP contribution is 2.28. The van der Waals surface area contributed by atoms with E-state index < -0.39 is 9.84 Å². The smallest absolute Gasteiger partial charge is 0.151 e. The van der Waals surface area contributed by atoms with Crippen LogP contribution in [0.1, 0.15) is 62.7 Å². The second-order valence-corrected chi connectivity index (χ2v) is 9.82. The van der Waals surface area contributed by atoms with Crippen molar-refractivity contribution in [2.75, 3.05) is 31.0 Å². The summed E-state index contributed by atoms with van der Waals surface area (Å²) < 4.78 is 31.5. The third-order valence-electron chi connectivity index (χ3n) is 5.28. The van der Waals surface area contributed by atoms with E-state index >= 15 is 0 Å². The molecule has 28 heavy (non-hydrogen) atoms. The molecule has 0 aliphatic heterocycles. The molecular weight excluding hydrogens is 376 g/mol. The van der Waals surface area contributed by atoms with E-state index in [1.807, 2.05) is 27.1 Å². The lowest BCUT2D eigenvalue weighted by Gasteiger charge is -2.20. The topological polar surface area (TPSA) is 100 Å². The SMILES string of the molecule is CCCCS(=O)(=O)CCCCCC(COC)n1cnc2c(N)nc(C)c(C)c21. The van der Waals surface area contributed by atoms with E-state index in [0.717, 1.165) is 54.4 Å². The number of ether oxygens (including phenoxy) is 1. The number of nitrogens with zero attached hydrogens (tertiary/aromatic N) is 3. The van der Waals surface area contributed by atoms with Crippen LogP contribution in [0.5, 0.6) is 0 Å². The first-order valence-electron chi connectivity index (χ1n) is 10.1. The minimum absolute atomic E-state index is 0.131. The van der Waals surface area contributed by atoms with Crippen LogP contribution in [0.3, 0.4) is 0 Å². The summed E-state index contributed by atoms with van der Waals surface area (Å²) in [5, 5.41) is 0. The molecule has 0 amide bonds. The number of rotatable bonds is 12. The predicted molar refractivity (Wildman–Crippen MR) is 114 cm³/mol. The Morgan fingerprint density at radius 1 is 1.18 bits per heavy atom. The average molecular weight is 411 g/mol. The van der Waals surface area contributed by atoms with E-state index in [1.165, 1.54) is 0 Å². The summed E-state index contributed by atoms with van der Waals surface area (Å²) in [6.07, 6.45) is 6.92. The molecule has 0 spiro atoms. The van der Waals surface area contributed by atoms with Gasteiger partial charge in [0, 0.05) is 12.8 Å². The van der Waals surface area contributed by atoms with Crippen molar-refractivity contribution in [3.8, 4) is 0 Å². The first-order valence-corrected chi connectivity index (χ1v) is 11.9. The van der Waals surface area contributed by atoms with E-state index in [1.54, 1.807) is 7.11 Å². The highest BCUT2D eigenvalue weighted by atomic mass is 32.2. The zero-order valence-electron chi connectivity index (χ0n) is 17.6. The summed E-state index contributed by atoms with van der Waals surface area (Å²) in [6, 6.07) is 0.131. The Kier molecular flexibility index (Phi) is 8.24. The zero-order chi connectivity index (χ0) is 20.7. The van der Waals surface area contributed by atoms with E-state index in [2.05, 4.69) is 14.5 Å². The maximum atomic E-state index is 12.0. The van der Waals surface area contributed by atoms with Crippen LogP contribution in [0.4, 0.5) is 5.82 Å². The number of nitrogen functional groups attached to an aromatic ring is 1. The standard InChI is InChI=1S/C20H34N4O3S/c1-5-6-11-28(25,26)12-9-7-8-10-17(13-27-4)24-14-22-18-19(24)15(2)16(3)23-20(18)21/h14,17H,5-13H2,1-4H3,(H2,21,23). The zero-order valence-corrected chi connectivity index (χ0v) is 18.4. The molecule has 8 heteroatoms. The normalized spacial score (nSPS) is 13.3. The van der Waals surface area contributed by atoms with Gasteiger partial charge in [0.25, 0.3) is 0 Å². The van der Waals surface area contributed by atoms with Crippen molar-refractivity contribution in [1.82, 2.24) is 14.5 Å². The van der Waals surface area contributed by atoms with Crippen LogP contribution < -0.4 is 5.73 Å². The fraction of sp³-hybridized carbons (Fsp3) is 0.700. The summed E-state index contributed by atoms with van der Waals surface area (Å²) in [6.45, 7) is 6.57. The Morgan fingerprint density at radius 3 is 2.57 bits per heavy atom. The van der Waals surface area contributed by atoms with Gasteiger partial charge in [-0.05, 0) is 38.7 Å². The lowest BCUT2D eigenvalue weighted by Crippen LogP contribution is -2.15. The number of nitrogens with two attached hydrogens (primary N) is 1. The highest BCUT2D eigenvalue weighted by Gasteiger charge is 2.19. The van der Waals surface area contributed by atoms with Gasteiger partial charge in [-0.3, -0.25) is 0 Å². The molecule has 0 saturated heterocycles. The number of hydrogen-bond donors (Lipinski definition) is 1. The maximum absolute atomic E-state index is 12.0. The minimum Gasteiger partial charge on any atom is -0.383 e. The van der Waals surface area contributed by atoms with E-state index in [9.17, 15) is 8.42 Å². The Hall–Kier alpha value is -1.67. The van der Waals surface area contributed by atoms with Gasteiger partial charge in [0.1, 0.15) is 15.4 Å². The molecule has 2 N–H and O–H groups in total. The van der Waals surface area contributed by atoms with Gasteiger partial charge in [0.05, 0.1) is 36.0 Å². The molecule has 0 saturated carbocycles. The third-order valence-corrected chi connectivity index (χ3v) is 7.10. The van der Waals surface area contributed by atoms with Crippen LogP contribution in [0, 0.1) is 13.8 Å². The van der Waals surface area contributed by atoms with Crippen LogP contribution >= 0.6 is 0 Å². The molecular formula is C20H34N4O3S. The van der Waals surface area contributed by atoms with E-state index in [-0.39, 0.29) is 11.8 Å². The van der Waals surface area contributed by atoms with Crippen LogP contribution in [-0.2, 0) is 14.6 Å². The molecule has 0 fully saturated rings. The van der Waals surface area contributed by atoms with Gasteiger partial charge in [0.2, 0.25) is 0 Å². The van der Waals surface area contributed by atoms with Gasteiger partial charge < -0.3 is 15.0 Å². The van der Waals surface area contributed by atoms with Crippen LogP contribution in [0.2, 0.25) is 0 Å².